The maximum absolute atomic E-state index is 5.75. The number of rotatable bonds is 1. The molecule has 2 aromatic heterocycles. The summed E-state index contributed by atoms with van der Waals surface area (Å²) in [6.07, 6.45) is 7.27. The van der Waals surface area contributed by atoms with Crippen molar-refractivity contribution in [2.75, 3.05) is 6.61 Å². The Hall–Kier alpha value is -1.42. The van der Waals surface area contributed by atoms with E-state index in [-0.39, 0.29) is 6.23 Å². The third-order valence-electron chi connectivity index (χ3n) is 3.05. The number of hydrogen-bond donors (Lipinski definition) is 0. The molecule has 16 heavy (non-hydrogen) atoms. The summed E-state index contributed by atoms with van der Waals surface area (Å²) in [5, 5.41) is 5.49. The molecule has 3 rings (SSSR count). The monoisotopic (exact) mass is 217 g/mol. The van der Waals surface area contributed by atoms with Crippen LogP contribution in [0.4, 0.5) is 0 Å². The molecule has 1 fully saturated rings. The second kappa shape index (κ2) is 3.87. The first-order valence-corrected chi connectivity index (χ1v) is 5.76. The van der Waals surface area contributed by atoms with Gasteiger partial charge in [-0.25, -0.2) is 4.68 Å². The molecule has 0 radical (unpaired) electrons. The van der Waals surface area contributed by atoms with E-state index in [1.165, 1.54) is 6.42 Å². The van der Waals surface area contributed by atoms with Crippen molar-refractivity contribution in [2.24, 2.45) is 0 Å². The number of hydrogen-bond acceptors (Lipinski definition) is 3. The van der Waals surface area contributed by atoms with Gasteiger partial charge in [0.2, 0.25) is 0 Å². The summed E-state index contributed by atoms with van der Waals surface area (Å²) in [7, 11) is 0. The normalized spacial score (nSPS) is 21.4. The number of pyridine rings is 1. The Balaban J connectivity index is 2.05. The van der Waals surface area contributed by atoms with E-state index >= 15 is 0 Å². The minimum absolute atomic E-state index is 0.105. The molecule has 0 amide bonds. The molecule has 2 aromatic rings. The molecule has 0 saturated carbocycles. The van der Waals surface area contributed by atoms with Crippen LogP contribution in [0.15, 0.2) is 18.5 Å². The van der Waals surface area contributed by atoms with Gasteiger partial charge in [0.05, 0.1) is 11.7 Å². The van der Waals surface area contributed by atoms with Crippen LogP contribution in [0.3, 0.4) is 0 Å². The molecular formula is C12H15N3O. The maximum atomic E-state index is 5.75. The Bertz CT molecular complexity index is 500. The van der Waals surface area contributed by atoms with Gasteiger partial charge in [0.15, 0.2) is 6.23 Å². The topological polar surface area (TPSA) is 39.9 Å². The van der Waals surface area contributed by atoms with E-state index < -0.39 is 0 Å². The molecule has 1 aliphatic heterocycles. The zero-order chi connectivity index (χ0) is 11.0. The molecule has 84 valence electrons. The lowest BCUT2D eigenvalue weighted by Gasteiger charge is -2.23. The minimum Gasteiger partial charge on any atom is -0.356 e. The molecule has 4 nitrogen and oxygen atoms in total. The number of nitrogens with zero attached hydrogens (tertiary/aromatic N) is 3. The molecule has 1 unspecified atom stereocenters. The van der Waals surface area contributed by atoms with Crippen LogP contribution in [0.2, 0.25) is 0 Å². The number of aromatic nitrogens is 3. The summed E-state index contributed by atoms with van der Waals surface area (Å²) in [6, 6.07) is 2.07. The highest BCUT2D eigenvalue weighted by Crippen LogP contribution is 2.25. The SMILES string of the molecule is Cc1cc2c(cn1)cnn2C1CCCCO1. The smallest absolute Gasteiger partial charge is 0.150 e. The molecule has 3 heterocycles. The van der Waals surface area contributed by atoms with Crippen LogP contribution in [0.5, 0.6) is 0 Å². The van der Waals surface area contributed by atoms with Crippen molar-refractivity contribution in [3.63, 3.8) is 0 Å². The van der Waals surface area contributed by atoms with E-state index in [0.29, 0.717) is 0 Å². The second-order valence-electron chi connectivity index (χ2n) is 4.29. The van der Waals surface area contributed by atoms with Crippen molar-refractivity contribution < 1.29 is 4.74 Å². The number of aryl methyl sites for hydroxylation is 1. The van der Waals surface area contributed by atoms with Gasteiger partial charge in [0.1, 0.15) is 0 Å². The molecule has 0 spiro atoms. The molecule has 4 heteroatoms. The zero-order valence-electron chi connectivity index (χ0n) is 9.39. The minimum atomic E-state index is 0.105. The second-order valence-corrected chi connectivity index (χ2v) is 4.29. The van der Waals surface area contributed by atoms with Crippen LogP contribution in [-0.2, 0) is 4.74 Å². The van der Waals surface area contributed by atoms with Crippen molar-refractivity contribution in [1.82, 2.24) is 14.8 Å². The Labute approximate surface area is 94.2 Å². The average molecular weight is 217 g/mol. The van der Waals surface area contributed by atoms with Crippen molar-refractivity contribution in [3.8, 4) is 0 Å². The molecule has 1 aliphatic rings. The van der Waals surface area contributed by atoms with Gasteiger partial charge in [-0.15, -0.1) is 0 Å². The number of ether oxygens (including phenoxy) is 1. The third kappa shape index (κ3) is 1.59. The summed E-state index contributed by atoms with van der Waals surface area (Å²) in [5.74, 6) is 0. The molecule has 0 N–H and O–H groups in total. The predicted octanol–water partition coefficient (Wildman–Crippen LogP) is 2.44. The Morgan fingerprint density at radius 3 is 3.12 bits per heavy atom. The van der Waals surface area contributed by atoms with E-state index in [4.69, 9.17) is 4.74 Å². The summed E-state index contributed by atoms with van der Waals surface area (Å²) < 4.78 is 7.74. The first-order chi connectivity index (χ1) is 7.84. The van der Waals surface area contributed by atoms with Gasteiger partial charge in [0.25, 0.3) is 0 Å². The van der Waals surface area contributed by atoms with Crippen LogP contribution in [-0.4, -0.2) is 21.4 Å². The molecule has 1 saturated heterocycles. The van der Waals surface area contributed by atoms with E-state index in [1.807, 2.05) is 24.0 Å². The molecular weight excluding hydrogens is 202 g/mol. The highest BCUT2D eigenvalue weighted by molar-refractivity contribution is 5.77. The van der Waals surface area contributed by atoms with E-state index in [9.17, 15) is 0 Å². The maximum Gasteiger partial charge on any atom is 0.150 e. The van der Waals surface area contributed by atoms with Gasteiger partial charge in [-0.3, -0.25) is 4.98 Å². The zero-order valence-corrected chi connectivity index (χ0v) is 9.39. The van der Waals surface area contributed by atoms with Crippen molar-refractivity contribution in [2.45, 2.75) is 32.4 Å². The van der Waals surface area contributed by atoms with Crippen LogP contribution in [0.1, 0.15) is 31.2 Å². The summed E-state index contributed by atoms with van der Waals surface area (Å²) in [5.41, 5.74) is 2.14. The first-order valence-electron chi connectivity index (χ1n) is 5.76. The lowest BCUT2D eigenvalue weighted by atomic mass is 10.2. The van der Waals surface area contributed by atoms with Gasteiger partial charge >= 0.3 is 0 Å². The largest absolute Gasteiger partial charge is 0.356 e. The average Bonchev–Trinajstić information content (AvgIpc) is 2.73. The summed E-state index contributed by atoms with van der Waals surface area (Å²) in [4.78, 5) is 4.27. The van der Waals surface area contributed by atoms with Crippen LogP contribution in [0, 0.1) is 6.92 Å². The highest BCUT2D eigenvalue weighted by atomic mass is 16.5. The van der Waals surface area contributed by atoms with Crippen LogP contribution in [0.25, 0.3) is 10.9 Å². The Kier molecular flexibility index (Phi) is 2.36. The van der Waals surface area contributed by atoms with Gasteiger partial charge in [-0.05, 0) is 32.3 Å². The fourth-order valence-corrected chi connectivity index (χ4v) is 2.19. The van der Waals surface area contributed by atoms with E-state index in [1.54, 1.807) is 0 Å². The quantitative estimate of drug-likeness (QED) is 0.736. The molecule has 0 bridgehead atoms. The van der Waals surface area contributed by atoms with Gasteiger partial charge in [0, 0.05) is 23.9 Å². The standard InChI is InChI=1S/C12H15N3O/c1-9-6-11-10(7-13-9)8-14-15(11)12-4-2-3-5-16-12/h6-8,12H,2-5H2,1H3. The molecule has 0 aliphatic carbocycles. The number of fused-ring (bicyclic) bond motifs is 1. The highest BCUT2D eigenvalue weighted by Gasteiger charge is 2.18. The molecule has 0 aromatic carbocycles. The first kappa shape index (κ1) is 9.78. The van der Waals surface area contributed by atoms with Crippen molar-refractivity contribution in [1.29, 1.82) is 0 Å². The third-order valence-corrected chi connectivity index (χ3v) is 3.05. The fourth-order valence-electron chi connectivity index (χ4n) is 2.19. The Morgan fingerprint density at radius 2 is 2.31 bits per heavy atom. The van der Waals surface area contributed by atoms with Crippen molar-refractivity contribution >= 4 is 10.9 Å². The lowest BCUT2D eigenvalue weighted by molar-refractivity contribution is -0.0366. The van der Waals surface area contributed by atoms with E-state index in [2.05, 4.69) is 16.1 Å². The van der Waals surface area contributed by atoms with Gasteiger partial charge in [-0.1, -0.05) is 0 Å². The van der Waals surface area contributed by atoms with Crippen molar-refractivity contribution in [3.05, 3.63) is 24.2 Å². The molecule has 1 atom stereocenters. The predicted molar refractivity (Wildman–Crippen MR) is 61.1 cm³/mol. The summed E-state index contributed by atoms with van der Waals surface area (Å²) in [6.45, 7) is 2.84. The summed E-state index contributed by atoms with van der Waals surface area (Å²) >= 11 is 0. The van der Waals surface area contributed by atoms with Crippen LogP contribution >= 0.6 is 0 Å². The van der Waals surface area contributed by atoms with Gasteiger partial charge < -0.3 is 4.74 Å². The Morgan fingerprint density at radius 1 is 1.38 bits per heavy atom. The lowest BCUT2D eigenvalue weighted by Crippen LogP contribution is -2.18. The fraction of sp³-hybridized carbons (Fsp3) is 0.500. The van der Waals surface area contributed by atoms with E-state index in [0.717, 1.165) is 36.0 Å². The van der Waals surface area contributed by atoms with Gasteiger partial charge in [-0.2, -0.15) is 5.10 Å². The van der Waals surface area contributed by atoms with Crippen LogP contribution < -0.4 is 0 Å².